The Hall–Kier alpha value is -6.11. The van der Waals surface area contributed by atoms with E-state index >= 15 is 0 Å². The maximum Gasteiger partial charge on any atom is 0.0991 e. The zero-order valence-corrected chi connectivity index (χ0v) is 23.8. The van der Waals surface area contributed by atoms with Crippen molar-refractivity contribution in [1.29, 1.82) is 5.26 Å². The average molecular weight is 560 g/mol. The van der Waals surface area contributed by atoms with Gasteiger partial charge in [-0.1, -0.05) is 121 Å². The lowest BCUT2D eigenvalue weighted by Crippen LogP contribution is -1.89. The predicted molar refractivity (Wildman–Crippen MR) is 181 cm³/mol. The zero-order valence-electron chi connectivity index (χ0n) is 23.8. The van der Waals surface area contributed by atoms with Gasteiger partial charge < -0.3 is 0 Å². The molecule has 44 heavy (non-hydrogen) atoms. The van der Waals surface area contributed by atoms with Gasteiger partial charge in [0.15, 0.2) is 0 Å². The van der Waals surface area contributed by atoms with Crippen LogP contribution in [0, 0.1) is 11.3 Å². The fourth-order valence-electron chi connectivity index (χ4n) is 6.12. The highest BCUT2D eigenvalue weighted by Gasteiger charge is 2.11. The highest BCUT2D eigenvalue weighted by atomic mass is 14.7. The number of rotatable bonds is 4. The molecule has 2 heterocycles. The molecule has 0 saturated heterocycles. The summed E-state index contributed by atoms with van der Waals surface area (Å²) < 4.78 is 0. The number of fused-ring (bicyclic) bond motifs is 4. The third-order valence-corrected chi connectivity index (χ3v) is 8.37. The Morgan fingerprint density at radius 2 is 1.07 bits per heavy atom. The smallest absolute Gasteiger partial charge is 0.0991 e. The molecule has 8 rings (SSSR count). The van der Waals surface area contributed by atoms with Crippen LogP contribution in [0.5, 0.6) is 0 Å². The number of pyridine rings is 2. The van der Waals surface area contributed by atoms with Crippen LogP contribution in [-0.2, 0) is 0 Å². The van der Waals surface area contributed by atoms with E-state index in [1.807, 2.05) is 36.5 Å². The Kier molecular flexibility index (Phi) is 6.18. The van der Waals surface area contributed by atoms with Gasteiger partial charge in [-0.3, -0.25) is 4.98 Å². The van der Waals surface area contributed by atoms with Crippen molar-refractivity contribution in [2.75, 3.05) is 0 Å². The fourth-order valence-corrected chi connectivity index (χ4v) is 6.12. The van der Waals surface area contributed by atoms with E-state index in [-0.39, 0.29) is 0 Å². The third-order valence-electron chi connectivity index (χ3n) is 8.37. The van der Waals surface area contributed by atoms with Crippen molar-refractivity contribution in [2.45, 2.75) is 0 Å². The standard InChI is InChI=1S/C41H25N3/c42-26-27-5-3-6-34(25-27)28-10-12-29(13-11-28)35-21-22-36(38-9-2-1-8-37(35)38)30-14-16-31(17-15-30)39-23-20-33-19-18-32-7-4-24-43-40(32)41(33)44-39/h1-25H. The minimum atomic E-state index is 0.667. The predicted octanol–water partition coefficient (Wildman–Crippen LogP) is 10.5. The summed E-state index contributed by atoms with van der Waals surface area (Å²) in [6, 6.07) is 52.8. The first-order valence-corrected chi connectivity index (χ1v) is 14.6. The van der Waals surface area contributed by atoms with Crippen LogP contribution in [0.15, 0.2) is 152 Å². The Morgan fingerprint density at radius 1 is 0.455 bits per heavy atom. The van der Waals surface area contributed by atoms with E-state index in [0.29, 0.717) is 5.56 Å². The van der Waals surface area contributed by atoms with E-state index in [9.17, 15) is 5.26 Å². The molecular weight excluding hydrogens is 534 g/mol. The van der Waals surface area contributed by atoms with Crippen LogP contribution in [0.25, 0.3) is 77.2 Å². The minimum Gasteiger partial charge on any atom is -0.254 e. The summed E-state index contributed by atoms with van der Waals surface area (Å²) in [7, 11) is 0. The highest BCUT2D eigenvalue weighted by Crippen LogP contribution is 2.37. The van der Waals surface area contributed by atoms with Crippen molar-refractivity contribution in [1.82, 2.24) is 9.97 Å². The largest absolute Gasteiger partial charge is 0.254 e. The molecule has 0 aliphatic carbocycles. The molecule has 6 aromatic carbocycles. The van der Waals surface area contributed by atoms with Crippen molar-refractivity contribution >= 4 is 32.6 Å². The van der Waals surface area contributed by atoms with Crippen molar-refractivity contribution in [3.05, 3.63) is 157 Å². The molecule has 0 spiro atoms. The van der Waals surface area contributed by atoms with E-state index in [2.05, 4.69) is 126 Å². The molecule has 0 N–H and O–H groups in total. The highest BCUT2D eigenvalue weighted by molar-refractivity contribution is 6.05. The summed E-state index contributed by atoms with van der Waals surface area (Å²) in [5.74, 6) is 0. The van der Waals surface area contributed by atoms with E-state index < -0.39 is 0 Å². The number of hydrogen-bond donors (Lipinski definition) is 0. The van der Waals surface area contributed by atoms with Crippen LogP contribution in [-0.4, -0.2) is 9.97 Å². The van der Waals surface area contributed by atoms with Gasteiger partial charge in [0.2, 0.25) is 0 Å². The Balaban J connectivity index is 1.14. The molecule has 3 heteroatoms. The zero-order chi connectivity index (χ0) is 29.5. The molecule has 0 atom stereocenters. The lowest BCUT2D eigenvalue weighted by atomic mass is 9.91. The summed E-state index contributed by atoms with van der Waals surface area (Å²) in [5, 5.41) is 13.9. The molecule has 204 valence electrons. The van der Waals surface area contributed by atoms with Crippen LogP contribution in [0.2, 0.25) is 0 Å². The van der Waals surface area contributed by atoms with E-state index in [0.717, 1.165) is 55.3 Å². The SMILES string of the molecule is N#Cc1cccc(-c2ccc(-c3ccc(-c4ccc(-c5ccc6ccc7cccnc7c6n5)cc4)c4ccccc34)cc2)c1. The summed E-state index contributed by atoms with van der Waals surface area (Å²) >= 11 is 0. The summed E-state index contributed by atoms with van der Waals surface area (Å²) in [6.07, 6.45) is 1.83. The number of benzene rings is 6. The lowest BCUT2D eigenvalue weighted by Gasteiger charge is -2.13. The van der Waals surface area contributed by atoms with Crippen LogP contribution >= 0.6 is 0 Å². The third kappa shape index (κ3) is 4.47. The van der Waals surface area contributed by atoms with E-state index in [4.69, 9.17) is 4.98 Å². The maximum atomic E-state index is 9.28. The van der Waals surface area contributed by atoms with E-state index in [1.54, 1.807) is 0 Å². The van der Waals surface area contributed by atoms with Gasteiger partial charge in [0.05, 0.1) is 28.4 Å². The van der Waals surface area contributed by atoms with Crippen molar-refractivity contribution in [3.8, 4) is 50.7 Å². The molecule has 0 aliphatic rings. The Labute approximate surface area is 255 Å². The molecule has 0 fully saturated rings. The minimum absolute atomic E-state index is 0.667. The van der Waals surface area contributed by atoms with Crippen molar-refractivity contribution in [3.63, 3.8) is 0 Å². The molecule has 0 aliphatic heterocycles. The van der Waals surface area contributed by atoms with Crippen LogP contribution < -0.4 is 0 Å². The summed E-state index contributed by atoms with van der Waals surface area (Å²) in [5.41, 5.74) is 11.4. The second kappa shape index (κ2) is 10.6. The van der Waals surface area contributed by atoms with Crippen LogP contribution in [0.3, 0.4) is 0 Å². The Morgan fingerprint density at radius 3 is 1.75 bits per heavy atom. The van der Waals surface area contributed by atoms with Gasteiger partial charge in [-0.05, 0) is 68.4 Å². The molecular formula is C41H25N3. The Bertz CT molecular complexity index is 2380. The van der Waals surface area contributed by atoms with Crippen molar-refractivity contribution < 1.29 is 0 Å². The summed E-state index contributed by atoms with van der Waals surface area (Å²) in [6.45, 7) is 0. The quantitative estimate of drug-likeness (QED) is 0.202. The second-order valence-electron chi connectivity index (χ2n) is 11.0. The average Bonchev–Trinajstić information content (AvgIpc) is 3.11. The monoisotopic (exact) mass is 559 g/mol. The van der Waals surface area contributed by atoms with Gasteiger partial charge in [0, 0.05) is 22.5 Å². The molecule has 0 radical (unpaired) electrons. The molecule has 0 amide bonds. The first-order valence-electron chi connectivity index (χ1n) is 14.6. The second-order valence-corrected chi connectivity index (χ2v) is 11.0. The molecule has 0 saturated carbocycles. The molecule has 0 bridgehead atoms. The van der Waals surface area contributed by atoms with Gasteiger partial charge in [-0.15, -0.1) is 0 Å². The molecule has 3 nitrogen and oxygen atoms in total. The van der Waals surface area contributed by atoms with E-state index in [1.165, 1.54) is 21.9 Å². The number of aromatic nitrogens is 2. The van der Waals surface area contributed by atoms with Crippen molar-refractivity contribution in [2.24, 2.45) is 0 Å². The first-order chi connectivity index (χ1) is 21.7. The fraction of sp³-hybridized carbons (Fsp3) is 0. The first kappa shape index (κ1) is 25.6. The van der Waals surface area contributed by atoms with Gasteiger partial charge in [0.25, 0.3) is 0 Å². The van der Waals surface area contributed by atoms with Crippen LogP contribution in [0.4, 0.5) is 0 Å². The summed E-state index contributed by atoms with van der Waals surface area (Å²) in [4.78, 5) is 9.64. The van der Waals surface area contributed by atoms with Gasteiger partial charge in [0.1, 0.15) is 0 Å². The molecule has 2 aromatic heterocycles. The lowest BCUT2D eigenvalue weighted by molar-refractivity contribution is 1.37. The molecule has 0 unspecified atom stereocenters. The number of hydrogen-bond acceptors (Lipinski definition) is 3. The van der Waals surface area contributed by atoms with Gasteiger partial charge in [-0.25, -0.2) is 4.98 Å². The normalized spacial score (nSPS) is 11.2. The van der Waals surface area contributed by atoms with Crippen LogP contribution in [0.1, 0.15) is 5.56 Å². The van der Waals surface area contributed by atoms with Gasteiger partial charge in [-0.2, -0.15) is 5.26 Å². The van der Waals surface area contributed by atoms with Gasteiger partial charge >= 0.3 is 0 Å². The topological polar surface area (TPSA) is 49.6 Å². The number of nitriles is 1. The number of nitrogens with zero attached hydrogens (tertiary/aromatic N) is 3. The maximum absolute atomic E-state index is 9.28. The molecule has 8 aromatic rings.